The van der Waals surface area contributed by atoms with E-state index in [2.05, 4.69) is 99.6 Å². The van der Waals surface area contributed by atoms with E-state index in [1.54, 1.807) is 0 Å². The predicted octanol–water partition coefficient (Wildman–Crippen LogP) is 10.4. The first-order chi connectivity index (χ1) is 19.3. The topological polar surface area (TPSA) is 21.4 Å². The van der Waals surface area contributed by atoms with Gasteiger partial charge < -0.3 is 4.42 Å². The van der Waals surface area contributed by atoms with E-state index in [1.807, 2.05) is 6.07 Å². The van der Waals surface area contributed by atoms with Gasteiger partial charge in [0.2, 0.25) is 5.69 Å². The van der Waals surface area contributed by atoms with Crippen molar-refractivity contribution in [2.75, 3.05) is 0 Å². The number of hydrogen-bond donors (Lipinski definition) is 0. The number of fused-ring (bicyclic) bond motifs is 3. The maximum Gasteiger partial charge on any atom is 0.216 e. The Morgan fingerprint density at radius 2 is 1.48 bits per heavy atom. The highest BCUT2D eigenvalue weighted by atomic mass is 16.3. The zero-order valence-electron chi connectivity index (χ0n) is 24.7. The summed E-state index contributed by atoms with van der Waals surface area (Å²) in [6.45, 7) is 19.1. The minimum absolute atomic E-state index is 0.457. The Labute approximate surface area is 238 Å². The molecule has 1 fully saturated rings. The van der Waals surface area contributed by atoms with Crippen LogP contribution in [-0.4, -0.2) is 0 Å². The molecule has 0 atom stereocenters. The van der Waals surface area contributed by atoms with Crippen molar-refractivity contribution in [2.24, 2.45) is 7.05 Å². The Morgan fingerprint density at radius 3 is 2.12 bits per heavy atom. The largest absolute Gasteiger partial charge is 0.456 e. The molecule has 0 unspecified atom stereocenters. The molecular formula is C37H39N2O+. The van der Waals surface area contributed by atoms with Crippen LogP contribution in [0.15, 0.2) is 59.0 Å². The van der Waals surface area contributed by atoms with Crippen LogP contribution in [-0.2, 0) is 7.05 Å². The number of hydrogen-bond acceptors (Lipinski definition) is 1. The monoisotopic (exact) mass is 527 g/mol. The zero-order valence-corrected chi connectivity index (χ0v) is 24.7. The zero-order chi connectivity index (χ0) is 28.1. The van der Waals surface area contributed by atoms with Crippen molar-refractivity contribution in [3.63, 3.8) is 0 Å². The van der Waals surface area contributed by atoms with Crippen molar-refractivity contribution in [2.45, 2.75) is 78.6 Å². The molecule has 2 aromatic heterocycles. The van der Waals surface area contributed by atoms with Crippen LogP contribution in [0, 0.1) is 27.3 Å². The SMILES string of the molecule is [C-]#[N+]c1ccc2c(oc3c(-c4cc(C)c(C5CCCCC5)c(C)[n+]4C)c(C)ccc32)c1-c1ccc(C(C)C)cc1. The molecule has 0 amide bonds. The van der Waals surface area contributed by atoms with Crippen molar-refractivity contribution >= 4 is 27.6 Å². The van der Waals surface area contributed by atoms with Gasteiger partial charge in [0.1, 0.15) is 18.2 Å². The Balaban J connectivity index is 1.59. The van der Waals surface area contributed by atoms with E-state index in [-0.39, 0.29) is 0 Å². The van der Waals surface area contributed by atoms with Gasteiger partial charge in [-0.3, -0.25) is 0 Å². The molecule has 0 spiro atoms. The van der Waals surface area contributed by atoms with Crippen molar-refractivity contribution in [1.29, 1.82) is 0 Å². The van der Waals surface area contributed by atoms with E-state index in [9.17, 15) is 0 Å². The number of pyridine rings is 1. The molecule has 1 saturated carbocycles. The third-order valence-electron chi connectivity index (χ3n) is 9.28. The smallest absolute Gasteiger partial charge is 0.216 e. The van der Waals surface area contributed by atoms with Crippen molar-refractivity contribution in [3.8, 4) is 22.4 Å². The average Bonchev–Trinajstić information content (AvgIpc) is 3.34. The van der Waals surface area contributed by atoms with Crippen LogP contribution in [0.5, 0.6) is 0 Å². The lowest BCUT2D eigenvalue weighted by Gasteiger charge is -2.24. The van der Waals surface area contributed by atoms with Crippen LogP contribution in [0.4, 0.5) is 5.69 Å². The van der Waals surface area contributed by atoms with Gasteiger partial charge in [-0.2, -0.15) is 4.57 Å². The van der Waals surface area contributed by atoms with Gasteiger partial charge in [0.15, 0.2) is 11.4 Å². The fourth-order valence-electron chi connectivity index (χ4n) is 6.99. The van der Waals surface area contributed by atoms with Gasteiger partial charge in [0, 0.05) is 34.9 Å². The summed E-state index contributed by atoms with van der Waals surface area (Å²) in [5, 5.41) is 2.15. The summed E-state index contributed by atoms with van der Waals surface area (Å²) in [6, 6.07) is 19.4. The highest BCUT2D eigenvalue weighted by Crippen LogP contribution is 2.45. The second kappa shape index (κ2) is 10.3. The van der Waals surface area contributed by atoms with Crippen molar-refractivity contribution in [3.05, 3.63) is 94.0 Å². The molecular weight excluding hydrogens is 488 g/mol. The third kappa shape index (κ3) is 4.22. The Bertz CT molecular complexity index is 1790. The molecule has 3 aromatic carbocycles. The number of aryl methyl sites for hydroxylation is 2. The maximum atomic E-state index is 7.92. The lowest BCUT2D eigenvalue weighted by molar-refractivity contribution is -0.667. The normalized spacial score (nSPS) is 14.3. The van der Waals surface area contributed by atoms with Gasteiger partial charge in [0.05, 0.1) is 12.1 Å². The first kappa shape index (κ1) is 26.3. The molecule has 3 heteroatoms. The van der Waals surface area contributed by atoms with Crippen molar-refractivity contribution in [1.82, 2.24) is 0 Å². The maximum absolute atomic E-state index is 7.92. The Hall–Kier alpha value is -3.90. The van der Waals surface area contributed by atoms with E-state index in [4.69, 9.17) is 11.0 Å². The van der Waals surface area contributed by atoms with E-state index in [0.717, 1.165) is 38.6 Å². The minimum Gasteiger partial charge on any atom is -0.456 e. The first-order valence-corrected chi connectivity index (χ1v) is 14.8. The van der Waals surface area contributed by atoms with Crippen LogP contribution in [0.25, 0.3) is 49.2 Å². The van der Waals surface area contributed by atoms with Gasteiger partial charge in [-0.25, -0.2) is 4.85 Å². The lowest BCUT2D eigenvalue weighted by Crippen LogP contribution is -2.37. The van der Waals surface area contributed by atoms with Crippen LogP contribution in [0.2, 0.25) is 0 Å². The molecule has 0 N–H and O–H groups in total. The molecule has 0 bridgehead atoms. The van der Waals surface area contributed by atoms with Gasteiger partial charge >= 0.3 is 0 Å². The molecule has 3 nitrogen and oxygen atoms in total. The van der Waals surface area contributed by atoms with E-state index in [0.29, 0.717) is 17.5 Å². The molecule has 1 aliphatic rings. The molecule has 0 saturated heterocycles. The molecule has 6 rings (SSSR count). The Morgan fingerprint density at radius 1 is 0.825 bits per heavy atom. The quantitative estimate of drug-likeness (QED) is 0.168. The number of furan rings is 1. The summed E-state index contributed by atoms with van der Waals surface area (Å²) < 4.78 is 9.23. The molecule has 202 valence electrons. The summed E-state index contributed by atoms with van der Waals surface area (Å²) in [5.74, 6) is 1.12. The summed E-state index contributed by atoms with van der Waals surface area (Å²) in [5.41, 5.74) is 13.3. The molecule has 0 aliphatic heterocycles. The summed E-state index contributed by atoms with van der Waals surface area (Å²) in [7, 11) is 2.20. The highest BCUT2D eigenvalue weighted by Gasteiger charge is 2.29. The van der Waals surface area contributed by atoms with Crippen LogP contribution in [0.3, 0.4) is 0 Å². The average molecular weight is 528 g/mol. The molecule has 1 aliphatic carbocycles. The van der Waals surface area contributed by atoms with E-state index < -0.39 is 0 Å². The second-order valence-corrected chi connectivity index (χ2v) is 12.1. The fraction of sp³-hybridized carbons (Fsp3) is 0.351. The number of benzene rings is 3. The fourth-order valence-corrected chi connectivity index (χ4v) is 6.99. The standard InChI is InChI=1S/C37H39N2O/c1-22(2)26-14-16-28(17-15-26)35-31(38-6)20-19-30-29-18-13-23(3)34(36(29)40-37(30)35)32-21-24(4)33(25(5)39(32)7)27-11-9-8-10-12-27/h13-22,27H,8-12H2,1-5,7H3/q+1. The number of nitrogens with zero attached hydrogens (tertiary/aromatic N) is 2. The third-order valence-corrected chi connectivity index (χ3v) is 9.28. The summed E-state index contributed by atoms with van der Waals surface area (Å²) in [6.07, 6.45) is 6.63. The predicted molar refractivity (Wildman–Crippen MR) is 166 cm³/mol. The van der Waals surface area contributed by atoms with E-state index >= 15 is 0 Å². The van der Waals surface area contributed by atoms with Crippen molar-refractivity contribution < 1.29 is 8.98 Å². The molecule has 5 aromatic rings. The number of rotatable bonds is 4. The highest BCUT2D eigenvalue weighted by molar-refractivity contribution is 6.15. The Kier molecular flexibility index (Phi) is 6.75. The second-order valence-electron chi connectivity index (χ2n) is 12.1. The first-order valence-electron chi connectivity index (χ1n) is 14.8. The lowest BCUT2D eigenvalue weighted by atomic mass is 9.81. The van der Waals surface area contributed by atoms with Gasteiger partial charge in [-0.05, 0) is 60.8 Å². The van der Waals surface area contributed by atoms with Crippen LogP contribution in [0.1, 0.15) is 85.7 Å². The van der Waals surface area contributed by atoms with Crippen LogP contribution >= 0.6 is 0 Å². The van der Waals surface area contributed by atoms with Crippen LogP contribution < -0.4 is 4.57 Å². The van der Waals surface area contributed by atoms with Gasteiger partial charge in [-0.15, -0.1) is 0 Å². The summed E-state index contributed by atoms with van der Waals surface area (Å²) >= 11 is 0. The molecule has 40 heavy (non-hydrogen) atoms. The van der Waals surface area contributed by atoms with Gasteiger partial charge in [-0.1, -0.05) is 81.6 Å². The molecule has 0 radical (unpaired) electrons. The summed E-state index contributed by atoms with van der Waals surface area (Å²) in [4.78, 5) is 3.90. The number of aromatic nitrogens is 1. The minimum atomic E-state index is 0.457. The van der Waals surface area contributed by atoms with E-state index in [1.165, 1.54) is 65.7 Å². The molecule has 2 heterocycles. The van der Waals surface area contributed by atoms with Gasteiger partial charge in [0.25, 0.3) is 0 Å².